The molecule has 25 heavy (non-hydrogen) atoms. The maximum Gasteiger partial charge on any atom is 0.255 e. The van der Waals surface area contributed by atoms with E-state index in [2.05, 4.69) is 5.32 Å². The molecule has 2 amide bonds. The summed E-state index contributed by atoms with van der Waals surface area (Å²) in [5.74, 6) is 0.127. The first-order valence-corrected chi connectivity index (χ1v) is 8.19. The molecule has 0 bridgehead atoms. The summed E-state index contributed by atoms with van der Waals surface area (Å²) in [4.78, 5) is 25.2. The maximum absolute atomic E-state index is 12.7. The van der Waals surface area contributed by atoms with Gasteiger partial charge in [0, 0.05) is 17.9 Å². The van der Waals surface area contributed by atoms with Gasteiger partial charge in [-0.15, -0.1) is 0 Å². The molecule has 0 aliphatic carbocycles. The minimum Gasteiger partial charge on any atom is -0.484 e. The normalized spacial score (nSPS) is 16.8. The van der Waals surface area contributed by atoms with E-state index in [0.29, 0.717) is 12.3 Å². The van der Waals surface area contributed by atoms with Gasteiger partial charge in [-0.1, -0.05) is 18.2 Å². The van der Waals surface area contributed by atoms with Crippen LogP contribution in [0.1, 0.15) is 12.0 Å². The van der Waals surface area contributed by atoms with Crippen LogP contribution in [0.3, 0.4) is 0 Å². The predicted octanol–water partition coefficient (Wildman–Crippen LogP) is 2.08. The van der Waals surface area contributed by atoms with E-state index >= 15 is 0 Å². The summed E-state index contributed by atoms with van der Waals surface area (Å²) in [6, 6.07) is 14.8. The molecular weight excluding hydrogens is 318 g/mol. The van der Waals surface area contributed by atoms with Crippen molar-refractivity contribution in [2.75, 3.05) is 23.4 Å². The maximum atomic E-state index is 12.7. The lowest BCUT2D eigenvalue weighted by Crippen LogP contribution is -2.33. The molecule has 1 atom stereocenters. The van der Waals surface area contributed by atoms with Crippen LogP contribution in [0.15, 0.2) is 48.5 Å². The van der Waals surface area contributed by atoms with Gasteiger partial charge in [-0.05, 0) is 49.2 Å². The van der Waals surface area contributed by atoms with Gasteiger partial charge < -0.3 is 20.7 Å². The van der Waals surface area contributed by atoms with Crippen LogP contribution < -0.4 is 20.7 Å². The largest absolute Gasteiger partial charge is 0.484 e. The number of ether oxygens (including phenoxy) is 1. The number of aryl methyl sites for hydroxylation is 1. The van der Waals surface area contributed by atoms with Gasteiger partial charge in [0.25, 0.3) is 5.91 Å². The van der Waals surface area contributed by atoms with Crippen LogP contribution >= 0.6 is 0 Å². The fourth-order valence-electron chi connectivity index (χ4n) is 2.91. The highest BCUT2D eigenvalue weighted by molar-refractivity contribution is 6.01. The Morgan fingerprint density at radius 1 is 1.28 bits per heavy atom. The zero-order valence-corrected chi connectivity index (χ0v) is 14.1. The highest BCUT2D eigenvalue weighted by Crippen LogP contribution is 2.26. The second-order valence-electron chi connectivity index (χ2n) is 6.04. The van der Waals surface area contributed by atoms with Gasteiger partial charge in [0.2, 0.25) is 5.91 Å². The van der Waals surface area contributed by atoms with Crippen molar-refractivity contribution in [3.63, 3.8) is 0 Å². The average molecular weight is 339 g/mol. The molecule has 1 saturated heterocycles. The van der Waals surface area contributed by atoms with Crippen molar-refractivity contribution in [1.82, 2.24) is 0 Å². The molecule has 2 aromatic rings. The first-order valence-electron chi connectivity index (χ1n) is 8.19. The number of primary amides is 1. The second-order valence-corrected chi connectivity index (χ2v) is 6.04. The molecule has 1 aliphatic rings. The van der Waals surface area contributed by atoms with Crippen LogP contribution in [0.5, 0.6) is 5.75 Å². The summed E-state index contributed by atoms with van der Waals surface area (Å²) in [5.41, 5.74) is 7.81. The Labute approximate surface area is 146 Å². The van der Waals surface area contributed by atoms with Crippen molar-refractivity contribution in [2.24, 2.45) is 5.73 Å². The van der Waals surface area contributed by atoms with Gasteiger partial charge in [-0.3, -0.25) is 9.59 Å². The molecule has 6 heteroatoms. The first-order chi connectivity index (χ1) is 12.0. The van der Waals surface area contributed by atoms with E-state index in [1.807, 2.05) is 49.4 Å². The average Bonchev–Trinajstić information content (AvgIpc) is 2.96. The third-order valence-corrected chi connectivity index (χ3v) is 4.18. The van der Waals surface area contributed by atoms with Gasteiger partial charge >= 0.3 is 0 Å². The van der Waals surface area contributed by atoms with Crippen LogP contribution in [0.25, 0.3) is 0 Å². The van der Waals surface area contributed by atoms with Crippen molar-refractivity contribution < 1.29 is 14.3 Å². The number of carbonyl (C=O) groups excluding carboxylic acids is 2. The number of anilines is 2. The van der Waals surface area contributed by atoms with E-state index in [0.717, 1.165) is 23.4 Å². The Bertz CT molecular complexity index is 777. The van der Waals surface area contributed by atoms with Crippen molar-refractivity contribution in [3.8, 4) is 5.75 Å². The number of nitrogens with zero attached hydrogens (tertiary/aromatic N) is 1. The number of para-hydroxylation sites is 1. The molecule has 130 valence electrons. The Morgan fingerprint density at radius 3 is 2.72 bits per heavy atom. The van der Waals surface area contributed by atoms with E-state index in [1.165, 1.54) is 0 Å². The topological polar surface area (TPSA) is 84.7 Å². The van der Waals surface area contributed by atoms with Crippen LogP contribution in [-0.4, -0.2) is 31.0 Å². The molecule has 1 aliphatic heterocycles. The van der Waals surface area contributed by atoms with E-state index in [-0.39, 0.29) is 18.6 Å². The number of carbonyl (C=O) groups is 2. The molecule has 3 rings (SSSR count). The summed E-state index contributed by atoms with van der Waals surface area (Å²) >= 11 is 0. The molecule has 1 fully saturated rings. The first kappa shape index (κ1) is 16.8. The molecule has 0 aromatic heterocycles. The Morgan fingerprint density at radius 2 is 2.04 bits per heavy atom. The monoisotopic (exact) mass is 339 g/mol. The molecular formula is C19H21N3O3. The van der Waals surface area contributed by atoms with Crippen molar-refractivity contribution in [3.05, 3.63) is 54.1 Å². The Hall–Kier alpha value is -3.02. The van der Waals surface area contributed by atoms with Crippen LogP contribution in [-0.2, 0) is 9.59 Å². The van der Waals surface area contributed by atoms with Gasteiger partial charge in [-0.25, -0.2) is 0 Å². The third kappa shape index (κ3) is 3.91. The molecule has 6 nitrogen and oxygen atoms in total. The van der Waals surface area contributed by atoms with E-state index in [4.69, 9.17) is 10.5 Å². The third-order valence-electron chi connectivity index (χ3n) is 4.18. The summed E-state index contributed by atoms with van der Waals surface area (Å²) in [5, 5.41) is 3.31. The number of hydrogen-bond acceptors (Lipinski definition) is 4. The van der Waals surface area contributed by atoms with E-state index in [9.17, 15) is 9.59 Å². The summed E-state index contributed by atoms with van der Waals surface area (Å²) in [7, 11) is 0. The minimum atomic E-state index is -0.516. The smallest absolute Gasteiger partial charge is 0.255 e. The van der Waals surface area contributed by atoms with Crippen LogP contribution in [0.2, 0.25) is 0 Å². The summed E-state index contributed by atoms with van der Waals surface area (Å²) in [6.45, 7) is 2.46. The summed E-state index contributed by atoms with van der Waals surface area (Å²) in [6.07, 6.45) is 0.743. The number of nitrogens with one attached hydrogen (secondary N) is 1. The van der Waals surface area contributed by atoms with E-state index in [1.54, 1.807) is 11.0 Å². The number of amides is 2. The van der Waals surface area contributed by atoms with Crippen molar-refractivity contribution in [2.45, 2.75) is 19.4 Å². The SMILES string of the molecule is Cc1cc(OCC(N)=O)ccc1N[C@H]1CCN(c2ccccc2)C1=O. The Kier molecular flexibility index (Phi) is 4.88. The second kappa shape index (κ2) is 7.25. The lowest BCUT2D eigenvalue weighted by molar-refractivity contribution is -0.120. The standard InChI is InChI=1S/C19H21N3O3/c1-13-11-15(25-12-18(20)23)7-8-16(13)21-17-9-10-22(19(17)24)14-5-3-2-4-6-14/h2-8,11,17,21H,9-10,12H2,1H3,(H2,20,23)/t17-/m0/s1. The number of benzene rings is 2. The van der Waals surface area contributed by atoms with Crippen molar-refractivity contribution in [1.29, 1.82) is 0 Å². The molecule has 0 saturated carbocycles. The highest BCUT2D eigenvalue weighted by atomic mass is 16.5. The van der Waals surface area contributed by atoms with Gasteiger partial charge in [0.1, 0.15) is 11.8 Å². The van der Waals surface area contributed by atoms with Crippen molar-refractivity contribution >= 4 is 23.2 Å². The van der Waals surface area contributed by atoms with Gasteiger partial charge in [0.05, 0.1) is 0 Å². The molecule has 0 radical (unpaired) electrons. The van der Waals surface area contributed by atoms with Gasteiger partial charge in [0.15, 0.2) is 6.61 Å². The lowest BCUT2D eigenvalue weighted by atomic mass is 10.1. The van der Waals surface area contributed by atoms with Crippen LogP contribution in [0, 0.1) is 6.92 Å². The molecule has 3 N–H and O–H groups in total. The zero-order valence-electron chi connectivity index (χ0n) is 14.1. The molecule has 2 aromatic carbocycles. The number of nitrogens with two attached hydrogens (primary N) is 1. The van der Waals surface area contributed by atoms with E-state index < -0.39 is 5.91 Å². The number of hydrogen-bond donors (Lipinski definition) is 2. The lowest BCUT2D eigenvalue weighted by Gasteiger charge is -2.18. The Balaban J connectivity index is 1.66. The molecule has 0 spiro atoms. The highest BCUT2D eigenvalue weighted by Gasteiger charge is 2.32. The fraction of sp³-hybridized carbons (Fsp3) is 0.263. The quantitative estimate of drug-likeness (QED) is 0.844. The summed E-state index contributed by atoms with van der Waals surface area (Å²) < 4.78 is 5.29. The van der Waals surface area contributed by atoms with Gasteiger partial charge in [-0.2, -0.15) is 0 Å². The molecule has 1 heterocycles. The number of rotatable bonds is 6. The zero-order chi connectivity index (χ0) is 17.8. The minimum absolute atomic E-state index is 0.0691. The van der Waals surface area contributed by atoms with Crippen LogP contribution in [0.4, 0.5) is 11.4 Å². The molecule has 0 unspecified atom stereocenters. The predicted molar refractivity (Wildman–Crippen MR) is 96.7 cm³/mol. The fourth-order valence-corrected chi connectivity index (χ4v) is 2.91.